The lowest BCUT2D eigenvalue weighted by atomic mass is 10.0. The Kier molecular flexibility index (Phi) is 7.01. The molecule has 3 rings (SSSR count). The van der Waals surface area contributed by atoms with Gasteiger partial charge >= 0.3 is 5.97 Å². The summed E-state index contributed by atoms with van der Waals surface area (Å²) in [5.41, 5.74) is 3.62. The van der Waals surface area contributed by atoms with Crippen LogP contribution in [0.5, 0.6) is 0 Å². The lowest BCUT2D eigenvalue weighted by Crippen LogP contribution is -2.23. The van der Waals surface area contributed by atoms with E-state index >= 15 is 0 Å². The van der Waals surface area contributed by atoms with Gasteiger partial charge in [-0.1, -0.05) is 50.2 Å². The van der Waals surface area contributed by atoms with E-state index in [9.17, 15) is 9.59 Å². The molecular weight excluding hydrogens is 380 g/mol. The van der Waals surface area contributed by atoms with Crippen LogP contribution < -0.4 is 5.32 Å². The minimum atomic E-state index is -0.383. The van der Waals surface area contributed by atoms with Gasteiger partial charge in [0.05, 0.1) is 18.9 Å². The minimum absolute atomic E-state index is 0.0897. The zero-order chi connectivity index (χ0) is 21.5. The fourth-order valence-electron chi connectivity index (χ4n) is 2.98. The van der Waals surface area contributed by atoms with Crippen molar-refractivity contribution in [3.05, 3.63) is 77.3 Å². The van der Waals surface area contributed by atoms with Crippen LogP contribution >= 0.6 is 0 Å². The molecule has 30 heavy (non-hydrogen) atoms. The Morgan fingerprint density at radius 3 is 2.40 bits per heavy atom. The first kappa shape index (κ1) is 21.3. The van der Waals surface area contributed by atoms with Gasteiger partial charge in [0.25, 0.3) is 0 Å². The van der Waals surface area contributed by atoms with Gasteiger partial charge in [-0.15, -0.1) is 0 Å². The molecule has 6 nitrogen and oxygen atoms in total. The van der Waals surface area contributed by atoms with Gasteiger partial charge in [0, 0.05) is 24.9 Å². The summed E-state index contributed by atoms with van der Waals surface area (Å²) >= 11 is 0. The number of aryl methyl sites for hydroxylation is 1. The summed E-state index contributed by atoms with van der Waals surface area (Å²) in [6.45, 7) is 4.70. The van der Waals surface area contributed by atoms with Crippen LogP contribution in [-0.4, -0.2) is 24.0 Å². The van der Waals surface area contributed by atoms with E-state index in [1.165, 1.54) is 12.7 Å². The molecule has 1 N–H and O–H groups in total. The van der Waals surface area contributed by atoms with Crippen molar-refractivity contribution in [3.63, 3.8) is 0 Å². The molecule has 0 unspecified atom stereocenters. The molecule has 0 radical (unpaired) electrons. The number of aromatic nitrogens is 1. The number of hydrogen-bond donors (Lipinski definition) is 1. The lowest BCUT2D eigenvalue weighted by molar-refractivity contribution is -0.121. The van der Waals surface area contributed by atoms with Crippen LogP contribution in [0.2, 0.25) is 0 Å². The van der Waals surface area contributed by atoms with Crippen molar-refractivity contribution >= 4 is 11.9 Å². The Labute approximate surface area is 176 Å². The van der Waals surface area contributed by atoms with E-state index in [0.29, 0.717) is 36.1 Å². The highest BCUT2D eigenvalue weighted by atomic mass is 16.5. The highest BCUT2D eigenvalue weighted by Crippen LogP contribution is 2.23. The van der Waals surface area contributed by atoms with E-state index in [0.717, 1.165) is 11.1 Å². The maximum Gasteiger partial charge on any atom is 0.337 e. The van der Waals surface area contributed by atoms with Crippen LogP contribution in [0, 0.1) is 0 Å². The third kappa shape index (κ3) is 5.56. The Hall–Kier alpha value is -3.41. The predicted octanol–water partition coefficient (Wildman–Crippen LogP) is 4.50. The topological polar surface area (TPSA) is 81.4 Å². The van der Waals surface area contributed by atoms with Crippen LogP contribution in [-0.2, 0) is 22.5 Å². The van der Waals surface area contributed by atoms with Crippen molar-refractivity contribution in [2.45, 2.75) is 39.2 Å². The molecule has 1 aromatic heterocycles. The van der Waals surface area contributed by atoms with Crippen molar-refractivity contribution in [2.24, 2.45) is 0 Å². The molecular formula is C24H26N2O4. The third-order valence-electron chi connectivity index (χ3n) is 4.85. The number of carbonyl (C=O) groups excluding carboxylic acids is 2. The van der Waals surface area contributed by atoms with Crippen LogP contribution in [0.4, 0.5) is 0 Å². The number of methoxy groups -OCH3 is 1. The van der Waals surface area contributed by atoms with Crippen molar-refractivity contribution in [3.8, 4) is 11.3 Å². The van der Waals surface area contributed by atoms with E-state index in [4.69, 9.17) is 4.42 Å². The number of ether oxygens (including phenoxy) is 1. The van der Waals surface area contributed by atoms with E-state index in [1.807, 2.05) is 12.1 Å². The third-order valence-corrected chi connectivity index (χ3v) is 4.85. The normalized spacial score (nSPS) is 10.8. The minimum Gasteiger partial charge on any atom is -0.465 e. The fraction of sp³-hybridized carbons (Fsp3) is 0.292. The summed E-state index contributed by atoms with van der Waals surface area (Å²) < 4.78 is 10.5. The molecule has 1 heterocycles. The van der Waals surface area contributed by atoms with E-state index in [1.54, 1.807) is 30.5 Å². The summed E-state index contributed by atoms with van der Waals surface area (Å²) in [6.07, 6.45) is 2.41. The zero-order valence-corrected chi connectivity index (χ0v) is 17.5. The Balaban J connectivity index is 1.47. The second-order valence-electron chi connectivity index (χ2n) is 7.36. The smallest absolute Gasteiger partial charge is 0.337 e. The van der Waals surface area contributed by atoms with Crippen molar-refractivity contribution in [2.75, 3.05) is 7.11 Å². The summed E-state index contributed by atoms with van der Waals surface area (Å²) in [5, 5.41) is 2.86. The number of benzene rings is 2. The van der Waals surface area contributed by atoms with Crippen molar-refractivity contribution < 1.29 is 18.7 Å². The van der Waals surface area contributed by atoms with Gasteiger partial charge < -0.3 is 14.5 Å². The number of nitrogens with one attached hydrogen (secondary N) is 1. The Morgan fingerprint density at radius 2 is 1.77 bits per heavy atom. The number of rotatable bonds is 8. The highest BCUT2D eigenvalue weighted by molar-refractivity contribution is 5.89. The standard InChI is InChI=1S/C24H26N2O4/c1-16(2)18-8-10-19(11-9-18)21-15-26-23(30-21)13-12-22(27)25-14-17-4-6-20(7-5-17)24(28)29-3/h4-11,15-16H,12-14H2,1-3H3,(H,25,27). The monoisotopic (exact) mass is 406 g/mol. The molecule has 156 valence electrons. The first-order chi connectivity index (χ1) is 14.5. The summed E-state index contributed by atoms with van der Waals surface area (Å²) in [5.74, 6) is 1.25. The van der Waals surface area contributed by atoms with E-state index in [2.05, 4.69) is 41.0 Å². The van der Waals surface area contributed by atoms with Crippen molar-refractivity contribution in [1.29, 1.82) is 0 Å². The number of amides is 1. The fourth-order valence-corrected chi connectivity index (χ4v) is 2.98. The summed E-state index contributed by atoms with van der Waals surface area (Å²) in [7, 11) is 1.34. The van der Waals surface area contributed by atoms with Gasteiger partial charge in [-0.05, 0) is 29.2 Å². The van der Waals surface area contributed by atoms with Crippen LogP contribution in [0.1, 0.15) is 53.6 Å². The molecule has 6 heteroatoms. The zero-order valence-electron chi connectivity index (χ0n) is 17.5. The number of nitrogens with zero attached hydrogens (tertiary/aromatic N) is 1. The van der Waals surface area contributed by atoms with Gasteiger partial charge in [0.2, 0.25) is 5.91 Å². The first-order valence-corrected chi connectivity index (χ1v) is 9.95. The number of oxazole rings is 1. The van der Waals surface area contributed by atoms with Crippen LogP contribution in [0.15, 0.2) is 59.1 Å². The molecule has 0 bridgehead atoms. The Morgan fingerprint density at radius 1 is 1.07 bits per heavy atom. The predicted molar refractivity (Wildman–Crippen MR) is 114 cm³/mol. The largest absolute Gasteiger partial charge is 0.465 e. The molecule has 0 saturated carbocycles. The van der Waals surface area contributed by atoms with Gasteiger partial charge in [-0.2, -0.15) is 0 Å². The molecule has 0 saturated heterocycles. The second kappa shape index (κ2) is 9.87. The summed E-state index contributed by atoms with van der Waals surface area (Å²) in [6, 6.07) is 15.2. The molecule has 1 amide bonds. The molecule has 0 aliphatic heterocycles. The highest BCUT2D eigenvalue weighted by Gasteiger charge is 2.10. The van der Waals surface area contributed by atoms with Crippen molar-refractivity contribution in [1.82, 2.24) is 10.3 Å². The molecule has 3 aromatic rings. The van der Waals surface area contributed by atoms with Gasteiger partial charge in [0.1, 0.15) is 0 Å². The Bertz CT molecular complexity index is 989. The van der Waals surface area contributed by atoms with E-state index < -0.39 is 0 Å². The average Bonchev–Trinajstić information content (AvgIpc) is 3.25. The quantitative estimate of drug-likeness (QED) is 0.557. The number of carbonyl (C=O) groups is 2. The van der Waals surface area contributed by atoms with E-state index in [-0.39, 0.29) is 18.3 Å². The molecule has 0 spiro atoms. The van der Waals surface area contributed by atoms with Gasteiger partial charge in [-0.3, -0.25) is 4.79 Å². The summed E-state index contributed by atoms with van der Waals surface area (Å²) in [4.78, 5) is 27.9. The maximum atomic E-state index is 12.1. The van der Waals surface area contributed by atoms with Gasteiger partial charge in [0.15, 0.2) is 11.7 Å². The molecule has 0 aliphatic carbocycles. The molecule has 0 aliphatic rings. The number of esters is 1. The maximum absolute atomic E-state index is 12.1. The molecule has 2 aromatic carbocycles. The SMILES string of the molecule is COC(=O)c1ccc(CNC(=O)CCc2ncc(-c3ccc(C(C)C)cc3)o2)cc1. The lowest BCUT2D eigenvalue weighted by Gasteiger charge is -2.06. The second-order valence-corrected chi connectivity index (χ2v) is 7.36. The van der Waals surface area contributed by atoms with Crippen LogP contribution in [0.3, 0.4) is 0 Å². The average molecular weight is 406 g/mol. The van der Waals surface area contributed by atoms with Gasteiger partial charge in [-0.25, -0.2) is 9.78 Å². The molecule has 0 atom stereocenters. The van der Waals surface area contributed by atoms with Crippen LogP contribution in [0.25, 0.3) is 11.3 Å². The first-order valence-electron chi connectivity index (χ1n) is 9.95. The molecule has 0 fully saturated rings. The number of hydrogen-bond acceptors (Lipinski definition) is 5.